The molecule has 0 saturated carbocycles. The van der Waals surface area contributed by atoms with Gasteiger partial charge in [-0.25, -0.2) is 4.99 Å². The summed E-state index contributed by atoms with van der Waals surface area (Å²) in [6.45, 7) is 14.3. The first kappa shape index (κ1) is 23.5. The van der Waals surface area contributed by atoms with Gasteiger partial charge < -0.3 is 10.6 Å². The molecule has 1 unspecified atom stereocenters. The Kier molecular flexibility index (Phi) is 11.5. The SMILES string of the molecule is C=CCC(N=C(N)N(C)C)c1cc/c(=C/C(C)C)c(=C)c1.CCCC#N. The zero-order valence-electron chi connectivity index (χ0n) is 17.0. The standard InChI is InChI=1S/C18H27N3.C4H7N/c1-7-8-17(20-18(19)21(5)6)16-10-9-15(11-13(2)3)14(4)12-16;1-2-3-4-5/h7,9-13,17H,1,4,8H2,2-3,5-6H3,(H2,19,20);2-3H2,1H3/b15-11-;. The number of benzene rings is 1. The van der Waals surface area contributed by atoms with E-state index < -0.39 is 0 Å². The van der Waals surface area contributed by atoms with Gasteiger partial charge in [0.15, 0.2) is 5.96 Å². The third-order valence-corrected chi connectivity index (χ3v) is 3.56. The van der Waals surface area contributed by atoms with Crippen LogP contribution in [0.3, 0.4) is 0 Å². The van der Waals surface area contributed by atoms with Crippen LogP contribution in [0.25, 0.3) is 12.7 Å². The normalized spacial score (nSPS) is 12.8. The molecule has 0 aliphatic heterocycles. The Morgan fingerprint density at radius 2 is 2.04 bits per heavy atom. The summed E-state index contributed by atoms with van der Waals surface area (Å²) in [5.41, 5.74) is 7.05. The van der Waals surface area contributed by atoms with Crippen molar-refractivity contribution in [2.24, 2.45) is 16.6 Å². The van der Waals surface area contributed by atoms with E-state index in [4.69, 9.17) is 11.0 Å². The van der Waals surface area contributed by atoms with Crippen molar-refractivity contribution in [3.05, 3.63) is 46.9 Å². The molecule has 2 N–H and O–H groups in total. The molecular formula is C22H34N4. The quantitative estimate of drug-likeness (QED) is 0.484. The lowest BCUT2D eigenvalue weighted by Gasteiger charge is -2.16. The first-order valence-electron chi connectivity index (χ1n) is 9.05. The maximum atomic E-state index is 7.82. The van der Waals surface area contributed by atoms with Gasteiger partial charge in [0, 0.05) is 20.5 Å². The fourth-order valence-corrected chi connectivity index (χ4v) is 2.16. The van der Waals surface area contributed by atoms with Gasteiger partial charge >= 0.3 is 0 Å². The van der Waals surface area contributed by atoms with Gasteiger partial charge in [0.2, 0.25) is 0 Å². The van der Waals surface area contributed by atoms with Crippen molar-refractivity contribution >= 4 is 18.6 Å². The molecule has 1 atom stereocenters. The minimum Gasteiger partial charge on any atom is -0.370 e. The third-order valence-electron chi connectivity index (χ3n) is 3.56. The van der Waals surface area contributed by atoms with Crippen LogP contribution in [0.4, 0.5) is 0 Å². The zero-order chi connectivity index (χ0) is 20.1. The van der Waals surface area contributed by atoms with Crippen LogP contribution >= 0.6 is 0 Å². The van der Waals surface area contributed by atoms with Crippen LogP contribution in [0, 0.1) is 17.2 Å². The molecule has 4 nitrogen and oxygen atoms in total. The molecule has 0 aromatic heterocycles. The molecule has 26 heavy (non-hydrogen) atoms. The summed E-state index contributed by atoms with van der Waals surface area (Å²) in [4.78, 5) is 6.39. The second-order valence-electron chi connectivity index (χ2n) is 6.70. The Morgan fingerprint density at radius 3 is 2.42 bits per heavy atom. The van der Waals surface area contributed by atoms with E-state index >= 15 is 0 Å². The monoisotopic (exact) mass is 354 g/mol. The molecule has 0 spiro atoms. The van der Waals surface area contributed by atoms with Crippen molar-refractivity contribution in [2.75, 3.05) is 14.1 Å². The lowest BCUT2D eigenvalue weighted by molar-refractivity contribution is 0.595. The maximum absolute atomic E-state index is 7.82. The average Bonchev–Trinajstić information content (AvgIpc) is 2.57. The number of hydrogen-bond acceptors (Lipinski definition) is 2. The second kappa shape index (κ2) is 12.8. The van der Waals surface area contributed by atoms with Crippen molar-refractivity contribution in [3.8, 4) is 6.07 Å². The van der Waals surface area contributed by atoms with E-state index in [2.05, 4.69) is 56.3 Å². The van der Waals surface area contributed by atoms with Crippen molar-refractivity contribution in [2.45, 2.75) is 46.1 Å². The van der Waals surface area contributed by atoms with Crippen molar-refractivity contribution in [1.82, 2.24) is 4.90 Å². The highest BCUT2D eigenvalue weighted by molar-refractivity contribution is 5.77. The molecule has 1 aromatic carbocycles. The summed E-state index contributed by atoms with van der Waals surface area (Å²) < 4.78 is 0. The molecule has 0 aliphatic rings. The summed E-state index contributed by atoms with van der Waals surface area (Å²) in [5.74, 6) is 1.02. The van der Waals surface area contributed by atoms with Crippen LogP contribution < -0.4 is 16.2 Å². The summed E-state index contributed by atoms with van der Waals surface area (Å²) in [7, 11) is 3.77. The lowest BCUT2D eigenvalue weighted by atomic mass is 10.0. The Hall–Kier alpha value is -2.54. The van der Waals surface area contributed by atoms with Crippen molar-refractivity contribution in [1.29, 1.82) is 5.26 Å². The van der Waals surface area contributed by atoms with Gasteiger partial charge in [-0.15, -0.1) is 6.58 Å². The fraction of sp³-hybridized carbons (Fsp3) is 0.455. The topological polar surface area (TPSA) is 65.4 Å². The predicted molar refractivity (Wildman–Crippen MR) is 114 cm³/mol. The van der Waals surface area contributed by atoms with Crippen LogP contribution in [-0.2, 0) is 0 Å². The van der Waals surface area contributed by atoms with E-state index in [0.717, 1.165) is 23.6 Å². The van der Waals surface area contributed by atoms with E-state index in [0.29, 0.717) is 18.3 Å². The predicted octanol–water partition coefficient (Wildman–Crippen LogP) is 3.34. The number of aliphatic imine (C=N–C) groups is 1. The van der Waals surface area contributed by atoms with E-state index in [1.807, 2.05) is 38.1 Å². The number of unbranched alkanes of at least 4 members (excludes halogenated alkanes) is 1. The van der Waals surface area contributed by atoms with Crippen molar-refractivity contribution < 1.29 is 0 Å². The second-order valence-corrected chi connectivity index (χ2v) is 6.70. The Balaban J connectivity index is 0.00000110. The van der Waals surface area contributed by atoms with Crippen LogP contribution in [0.2, 0.25) is 0 Å². The summed E-state index contributed by atoms with van der Waals surface area (Å²) in [5, 5.41) is 10.0. The van der Waals surface area contributed by atoms with E-state index in [-0.39, 0.29) is 6.04 Å². The third kappa shape index (κ3) is 9.08. The molecular weight excluding hydrogens is 320 g/mol. The van der Waals surface area contributed by atoms with Gasteiger partial charge in [0.25, 0.3) is 0 Å². The Morgan fingerprint density at radius 1 is 1.38 bits per heavy atom. The van der Waals surface area contributed by atoms with Crippen LogP contribution in [-0.4, -0.2) is 25.0 Å². The molecule has 0 amide bonds. The lowest BCUT2D eigenvalue weighted by Crippen LogP contribution is -2.31. The van der Waals surface area contributed by atoms with Gasteiger partial charge in [0.05, 0.1) is 12.1 Å². The molecule has 142 valence electrons. The highest BCUT2D eigenvalue weighted by Crippen LogP contribution is 2.20. The van der Waals surface area contributed by atoms with Crippen LogP contribution in [0.15, 0.2) is 35.8 Å². The number of guanidine groups is 1. The minimum atomic E-state index is -0.0153. The molecule has 0 saturated heterocycles. The van der Waals surface area contributed by atoms with Crippen molar-refractivity contribution in [3.63, 3.8) is 0 Å². The molecule has 0 bridgehead atoms. The first-order chi connectivity index (χ1) is 12.3. The number of nitrogens with two attached hydrogens (primary N) is 1. The van der Waals surface area contributed by atoms with E-state index in [9.17, 15) is 0 Å². The van der Waals surface area contributed by atoms with Gasteiger partial charge in [-0.2, -0.15) is 5.26 Å². The van der Waals surface area contributed by atoms with Gasteiger partial charge in [-0.05, 0) is 40.8 Å². The van der Waals surface area contributed by atoms with E-state index in [1.165, 1.54) is 5.22 Å². The molecule has 0 radical (unpaired) electrons. The maximum Gasteiger partial charge on any atom is 0.191 e. The Labute approximate surface area is 159 Å². The van der Waals surface area contributed by atoms with E-state index in [1.54, 1.807) is 0 Å². The van der Waals surface area contributed by atoms with Gasteiger partial charge in [0.1, 0.15) is 0 Å². The molecule has 0 heterocycles. The zero-order valence-corrected chi connectivity index (χ0v) is 17.0. The molecule has 1 rings (SSSR count). The smallest absolute Gasteiger partial charge is 0.191 e. The average molecular weight is 355 g/mol. The highest BCUT2D eigenvalue weighted by atomic mass is 15.2. The largest absolute Gasteiger partial charge is 0.370 e. The molecule has 0 aliphatic carbocycles. The summed E-state index contributed by atoms with van der Waals surface area (Å²) in [6, 6.07) is 8.30. The first-order valence-corrected chi connectivity index (χ1v) is 9.05. The Bertz CT molecular complexity index is 723. The number of nitriles is 1. The molecule has 4 heteroatoms. The van der Waals surface area contributed by atoms with Crippen LogP contribution in [0.1, 0.15) is 51.6 Å². The summed E-state index contributed by atoms with van der Waals surface area (Å²) in [6.07, 6.45) is 6.51. The molecule has 1 aromatic rings. The fourth-order valence-electron chi connectivity index (χ4n) is 2.16. The highest BCUT2D eigenvalue weighted by Gasteiger charge is 2.10. The number of hydrogen-bond donors (Lipinski definition) is 1. The van der Waals surface area contributed by atoms with Crippen LogP contribution in [0.5, 0.6) is 0 Å². The van der Waals surface area contributed by atoms with Gasteiger partial charge in [-0.1, -0.05) is 51.6 Å². The van der Waals surface area contributed by atoms with Gasteiger partial charge in [-0.3, -0.25) is 0 Å². The summed E-state index contributed by atoms with van der Waals surface area (Å²) >= 11 is 0. The minimum absolute atomic E-state index is 0.0153. The number of nitrogens with zero attached hydrogens (tertiary/aromatic N) is 3. The molecule has 0 fully saturated rings. The number of rotatable bonds is 6.